The fourth-order valence-electron chi connectivity index (χ4n) is 2.21. The summed E-state index contributed by atoms with van der Waals surface area (Å²) in [5.41, 5.74) is 8.48. The molecule has 2 N–H and O–H groups in total. The quantitative estimate of drug-likeness (QED) is 0.570. The second-order valence-electron chi connectivity index (χ2n) is 4.94. The number of nitrogen functional groups attached to an aromatic ring is 1. The third-order valence-electron chi connectivity index (χ3n) is 3.40. The van der Waals surface area contributed by atoms with E-state index in [4.69, 9.17) is 15.2 Å². The van der Waals surface area contributed by atoms with E-state index in [9.17, 15) is 0 Å². The molecule has 3 aromatic rings. The lowest BCUT2D eigenvalue weighted by Crippen LogP contribution is -1.94. The molecule has 0 amide bonds. The average Bonchev–Trinajstić information content (AvgIpc) is 3.15. The van der Waals surface area contributed by atoms with Gasteiger partial charge in [-0.1, -0.05) is 6.07 Å². The minimum absolute atomic E-state index is 0.481. The number of hydrogen-bond acceptors (Lipinski definition) is 6. The lowest BCUT2D eigenvalue weighted by molar-refractivity contribution is 0.406. The van der Waals surface area contributed by atoms with Crippen LogP contribution in [0.1, 0.15) is 0 Å². The van der Waals surface area contributed by atoms with Gasteiger partial charge >= 0.3 is 0 Å². The summed E-state index contributed by atoms with van der Waals surface area (Å²) in [6, 6.07) is 12.8. The van der Waals surface area contributed by atoms with Gasteiger partial charge in [-0.2, -0.15) is 10.2 Å². The van der Waals surface area contributed by atoms with Gasteiger partial charge in [0.05, 0.1) is 31.3 Å². The molecule has 0 atom stereocenters. The standard InChI is InChI=1S/C17H17N5O2/c1-23-16-11-15(17(24-2)10-14(16)18)21-20-12-5-3-6-13(9-12)22-8-4-7-19-22/h3-11H,18H2,1-2H3. The van der Waals surface area contributed by atoms with Gasteiger partial charge in [0.2, 0.25) is 0 Å². The number of ether oxygens (including phenoxy) is 2. The van der Waals surface area contributed by atoms with E-state index in [0.717, 1.165) is 5.69 Å². The molecule has 0 unspecified atom stereocenters. The molecule has 1 heterocycles. The van der Waals surface area contributed by atoms with Crippen LogP contribution in [-0.4, -0.2) is 24.0 Å². The Hall–Kier alpha value is -3.35. The SMILES string of the molecule is COc1cc(N=Nc2cccc(-n3cccn3)c2)c(OC)cc1N. The first-order valence-corrected chi connectivity index (χ1v) is 7.24. The molecular formula is C17H17N5O2. The first-order chi connectivity index (χ1) is 11.7. The van der Waals surface area contributed by atoms with Crippen LogP contribution >= 0.6 is 0 Å². The van der Waals surface area contributed by atoms with Crippen molar-refractivity contribution in [1.82, 2.24) is 9.78 Å². The van der Waals surface area contributed by atoms with Crippen LogP contribution in [0.2, 0.25) is 0 Å². The van der Waals surface area contributed by atoms with Gasteiger partial charge in [-0.05, 0) is 24.3 Å². The molecule has 2 aromatic carbocycles. The largest absolute Gasteiger partial charge is 0.495 e. The molecule has 0 fully saturated rings. The van der Waals surface area contributed by atoms with Gasteiger partial charge in [0.15, 0.2) is 0 Å². The second kappa shape index (κ2) is 6.82. The van der Waals surface area contributed by atoms with E-state index in [-0.39, 0.29) is 0 Å². The number of nitrogens with zero attached hydrogens (tertiary/aromatic N) is 4. The van der Waals surface area contributed by atoms with Crippen molar-refractivity contribution in [3.8, 4) is 17.2 Å². The van der Waals surface area contributed by atoms with Crippen molar-refractivity contribution in [3.05, 3.63) is 54.9 Å². The highest BCUT2D eigenvalue weighted by atomic mass is 16.5. The minimum atomic E-state index is 0.481. The van der Waals surface area contributed by atoms with Gasteiger partial charge in [-0.15, -0.1) is 5.11 Å². The zero-order valence-electron chi connectivity index (χ0n) is 13.4. The number of aromatic nitrogens is 2. The number of nitrogens with two attached hydrogens (primary N) is 1. The summed E-state index contributed by atoms with van der Waals surface area (Å²) in [5.74, 6) is 1.05. The van der Waals surface area contributed by atoms with Crippen LogP contribution in [0, 0.1) is 0 Å². The van der Waals surface area contributed by atoms with E-state index in [1.165, 1.54) is 0 Å². The Balaban J connectivity index is 1.92. The first kappa shape index (κ1) is 15.5. The Morgan fingerprint density at radius 1 is 1.00 bits per heavy atom. The molecule has 7 nitrogen and oxygen atoms in total. The average molecular weight is 323 g/mol. The minimum Gasteiger partial charge on any atom is -0.495 e. The number of benzene rings is 2. The second-order valence-corrected chi connectivity index (χ2v) is 4.94. The van der Waals surface area contributed by atoms with Crippen LogP contribution in [0.4, 0.5) is 17.1 Å². The van der Waals surface area contributed by atoms with Gasteiger partial charge in [-0.25, -0.2) is 4.68 Å². The van der Waals surface area contributed by atoms with E-state index < -0.39 is 0 Å². The van der Waals surface area contributed by atoms with Crippen molar-refractivity contribution < 1.29 is 9.47 Å². The topological polar surface area (TPSA) is 87.0 Å². The lowest BCUT2D eigenvalue weighted by Gasteiger charge is -2.09. The monoisotopic (exact) mass is 323 g/mol. The third-order valence-corrected chi connectivity index (χ3v) is 3.40. The van der Waals surface area contributed by atoms with Crippen LogP contribution < -0.4 is 15.2 Å². The van der Waals surface area contributed by atoms with Crippen LogP contribution in [0.5, 0.6) is 11.5 Å². The Kier molecular flexibility index (Phi) is 4.42. The van der Waals surface area contributed by atoms with Gasteiger partial charge in [0.25, 0.3) is 0 Å². The van der Waals surface area contributed by atoms with Crippen molar-refractivity contribution in [3.63, 3.8) is 0 Å². The fraction of sp³-hybridized carbons (Fsp3) is 0.118. The van der Waals surface area contributed by atoms with E-state index in [1.807, 2.05) is 36.5 Å². The highest BCUT2D eigenvalue weighted by molar-refractivity contribution is 5.67. The van der Waals surface area contributed by atoms with Crippen LogP contribution in [-0.2, 0) is 0 Å². The number of rotatable bonds is 5. The molecule has 0 radical (unpaired) electrons. The number of hydrogen-bond donors (Lipinski definition) is 1. The highest BCUT2D eigenvalue weighted by Crippen LogP contribution is 2.37. The molecule has 24 heavy (non-hydrogen) atoms. The maximum absolute atomic E-state index is 5.87. The molecule has 0 spiro atoms. The summed E-state index contributed by atoms with van der Waals surface area (Å²) in [7, 11) is 3.10. The van der Waals surface area contributed by atoms with Crippen LogP contribution in [0.15, 0.2) is 65.1 Å². The highest BCUT2D eigenvalue weighted by Gasteiger charge is 2.09. The molecule has 0 aliphatic carbocycles. The van der Waals surface area contributed by atoms with Crippen molar-refractivity contribution in [2.75, 3.05) is 20.0 Å². The van der Waals surface area contributed by atoms with Crippen LogP contribution in [0.25, 0.3) is 5.69 Å². The van der Waals surface area contributed by atoms with E-state index in [2.05, 4.69) is 15.3 Å². The van der Waals surface area contributed by atoms with Crippen molar-refractivity contribution in [2.24, 2.45) is 10.2 Å². The summed E-state index contributed by atoms with van der Waals surface area (Å²) in [6.07, 6.45) is 3.59. The van der Waals surface area contributed by atoms with E-state index in [1.54, 1.807) is 37.2 Å². The zero-order valence-corrected chi connectivity index (χ0v) is 13.4. The van der Waals surface area contributed by atoms with Crippen molar-refractivity contribution >= 4 is 17.1 Å². The maximum atomic E-state index is 5.87. The van der Waals surface area contributed by atoms with Gasteiger partial charge in [0.1, 0.15) is 17.2 Å². The molecule has 0 saturated carbocycles. The van der Waals surface area contributed by atoms with E-state index >= 15 is 0 Å². The predicted octanol–water partition coefficient (Wildman–Crippen LogP) is 3.89. The molecule has 3 rings (SSSR count). The normalized spacial score (nSPS) is 10.9. The lowest BCUT2D eigenvalue weighted by atomic mass is 10.2. The first-order valence-electron chi connectivity index (χ1n) is 7.24. The Morgan fingerprint density at radius 3 is 2.54 bits per heavy atom. The maximum Gasteiger partial charge on any atom is 0.148 e. The van der Waals surface area contributed by atoms with Gasteiger partial charge in [-0.3, -0.25) is 0 Å². The molecule has 0 bridgehead atoms. The smallest absolute Gasteiger partial charge is 0.148 e. The predicted molar refractivity (Wildman–Crippen MR) is 91.7 cm³/mol. The molecule has 122 valence electrons. The summed E-state index contributed by atoms with van der Waals surface area (Å²) in [6.45, 7) is 0. The molecular weight excluding hydrogens is 306 g/mol. The summed E-state index contributed by atoms with van der Waals surface area (Å²) < 4.78 is 12.3. The van der Waals surface area contributed by atoms with Crippen molar-refractivity contribution in [1.29, 1.82) is 0 Å². The molecule has 1 aromatic heterocycles. The van der Waals surface area contributed by atoms with Gasteiger partial charge < -0.3 is 15.2 Å². The number of methoxy groups -OCH3 is 2. The number of azo groups is 1. The number of anilines is 1. The molecule has 0 aliphatic heterocycles. The molecule has 0 saturated heterocycles. The summed E-state index contributed by atoms with van der Waals surface area (Å²) >= 11 is 0. The molecule has 0 aliphatic rings. The summed E-state index contributed by atoms with van der Waals surface area (Å²) in [4.78, 5) is 0. The Morgan fingerprint density at radius 2 is 1.83 bits per heavy atom. The molecule has 7 heteroatoms. The van der Waals surface area contributed by atoms with Crippen LogP contribution in [0.3, 0.4) is 0 Å². The third kappa shape index (κ3) is 3.19. The summed E-state index contributed by atoms with van der Waals surface area (Å²) in [5, 5.41) is 12.7. The van der Waals surface area contributed by atoms with E-state index in [0.29, 0.717) is 28.6 Å². The van der Waals surface area contributed by atoms with Crippen molar-refractivity contribution in [2.45, 2.75) is 0 Å². The zero-order chi connectivity index (χ0) is 16.9. The fourth-order valence-corrected chi connectivity index (χ4v) is 2.21. The Bertz CT molecular complexity index is 859. The Labute approximate surface area is 139 Å². The van der Waals surface area contributed by atoms with Gasteiger partial charge in [0, 0.05) is 24.5 Å².